The molecule has 5 nitrogen and oxygen atoms in total. The van der Waals surface area contributed by atoms with E-state index in [1.54, 1.807) is 10.9 Å². The summed E-state index contributed by atoms with van der Waals surface area (Å²) >= 11 is 3.43. The molecule has 1 fully saturated rings. The Morgan fingerprint density at radius 3 is 2.71 bits per heavy atom. The molecule has 7 heteroatoms. The predicted molar refractivity (Wildman–Crippen MR) is 101 cm³/mol. The molecule has 2 atom stereocenters. The van der Waals surface area contributed by atoms with E-state index in [4.69, 9.17) is 5.73 Å². The lowest BCUT2D eigenvalue weighted by Crippen LogP contribution is -2.28. The lowest BCUT2D eigenvalue weighted by atomic mass is 10.00. The van der Waals surface area contributed by atoms with Crippen molar-refractivity contribution in [2.24, 2.45) is 11.7 Å². The summed E-state index contributed by atoms with van der Waals surface area (Å²) in [4.78, 5) is 12.2. The minimum Gasteiger partial charge on any atom is -0.327 e. The summed E-state index contributed by atoms with van der Waals surface area (Å²) in [6.07, 6.45) is 5.40. The summed E-state index contributed by atoms with van der Waals surface area (Å²) < 4.78 is 2.85. The zero-order chi connectivity index (χ0) is 16.2. The van der Waals surface area contributed by atoms with Crippen molar-refractivity contribution in [3.05, 3.63) is 46.6 Å². The molecule has 0 spiro atoms. The Kier molecular flexibility index (Phi) is 6.83. The second-order valence-corrected chi connectivity index (χ2v) is 7.02. The van der Waals surface area contributed by atoms with Crippen LogP contribution in [0.25, 0.3) is 0 Å². The maximum absolute atomic E-state index is 12.2. The van der Waals surface area contributed by atoms with Gasteiger partial charge in [-0.25, -0.2) is 4.68 Å². The van der Waals surface area contributed by atoms with Gasteiger partial charge in [-0.3, -0.25) is 4.79 Å². The normalized spacial score (nSPS) is 19.8. The summed E-state index contributed by atoms with van der Waals surface area (Å²) in [5.41, 5.74) is 7.17. The van der Waals surface area contributed by atoms with E-state index < -0.39 is 0 Å². The molecule has 0 unspecified atom stereocenters. The first-order valence-corrected chi connectivity index (χ1v) is 8.73. The molecule has 2 aromatic rings. The second kappa shape index (κ2) is 8.65. The van der Waals surface area contributed by atoms with Crippen molar-refractivity contribution in [2.75, 3.05) is 5.32 Å². The smallest absolute Gasteiger partial charge is 0.225 e. The largest absolute Gasteiger partial charge is 0.327 e. The van der Waals surface area contributed by atoms with Crippen LogP contribution in [-0.4, -0.2) is 21.7 Å². The fraction of sp³-hybridized carbons (Fsp3) is 0.412. The van der Waals surface area contributed by atoms with Crippen LogP contribution in [0.15, 0.2) is 41.0 Å². The van der Waals surface area contributed by atoms with E-state index in [2.05, 4.69) is 26.3 Å². The van der Waals surface area contributed by atoms with Crippen LogP contribution in [-0.2, 0) is 11.3 Å². The third kappa shape index (κ3) is 4.82. The van der Waals surface area contributed by atoms with Crippen LogP contribution < -0.4 is 11.1 Å². The summed E-state index contributed by atoms with van der Waals surface area (Å²) in [5, 5.41) is 7.27. The summed E-state index contributed by atoms with van der Waals surface area (Å²) in [6, 6.07) is 10.1. The molecule has 1 aromatic carbocycles. The van der Waals surface area contributed by atoms with E-state index >= 15 is 0 Å². The highest BCUT2D eigenvalue weighted by Crippen LogP contribution is 2.27. The van der Waals surface area contributed by atoms with E-state index in [-0.39, 0.29) is 24.4 Å². The van der Waals surface area contributed by atoms with Crippen molar-refractivity contribution in [1.82, 2.24) is 9.78 Å². The van der Waals surface area contributed by atoms with Gasteiger partial charge in [-0.1, -0.05) is 34.5 Å². The number of nitrogens with zero attached hydrogens (tertiary/aromatic N) is 2. The molecule has 3 N–H and O–H groups in total. The molecule has 24 heavy (non-hydrogen) atoms. The van der Waals surface area contributed by atoms with Crippen LogP contribution in [0.5, 0.6) is 0 Å². The molecular weight excluding hydrogens is 392 g/mol. The van der Waals surface area contributed by atoms with Crippen LogP contribution >= 0.6 is 28.3 Å². The molecule has 1 amide bonds. The van der Waals surface area contributed by atoms with Crippen molar-refractivity contribution in [3.8, 4) is 0 Å². The average Bonchev–Trinajstić information content (AvgIpc) is 3.12. The molecule has 1 aliphatic rings. The minimum absolute atomic E-state index is 0. The lowest BCUT2D eigenvalue weighted by molar-refractivity contribution is -0.117. The number of halogens is 2. The first kappa shape index (κ1) is 19.0. The Bertz CT molecular complexity index is 673. The van der Waals surface area contributed by atoms with Gasteiger partial charge in [-0.15, -0.1) is 12.4 Å². The van der Waals surface area contributed by atoms with Gasteiger partial charge >= 0.3 is 0 Å². The van der Waals surface area contributed by atoms with Gasteiger partial charge in [0.2, 0.25) is 5.91 Å². The van der Waals surface area contributed by atoms with Gasteiger partial charge in [0.25, 0.3) is 0 Å². The van der Waals surface area contributed by atoms with Crippen LogP contribution in [0.1, 0.15) is 31.2 Å². The Morgan fingerprint density at radius 2 is 2.04 bits per heavy atom. The number of nitrogens with one attached hydrogen (secondary N) is 1. The summed E-state index contributed by atoms with van der Waals surface area (Å²) in [5.74, 6) is 1.05. The van der Waals surface area contributed by atoms with Gasteiger partial charge in [0, 0.05) is 23.0 Å². The molecule has 1 saturated carbocycles. The predicted octanol–water partition coefficient (Wildman–Crippen LogP) is 3.57. The number of hydrogen-bond acceptors (Lipinski definition) is 3. The fourth-order valence-electron chi connectivity index (χ4n) is 3.08. The Hall–Kier alpha value is -1.37. The summed E-state index contributed by atoms with van der Waals surface area (Å²) in [7, 11) is 0. The Balaban J connectivity index is 0.00000208. The number of nitrogens with two attached hydrogens (primary N) is 1. The molecule has 1 heterocycles. The molecule has 1 aliphatic carbocycles. The van der Waals surface area contributed by atoms with Crippen LogP contribution in [0.4, 0.5) is 5.82 Å². The van der Waals surface area contributed by atoms with Gasteiger partial charge < -0.3 is 11.1 Å². The van der Waals surface area contributed by atoms with E-state index in [1.165, 1.54) is 0 Å². The second-order valence-electron chi connectivity index (χ2n) is 6.11. The standard InChI is InChI=1S/C17H21BrN4O.ClH/c18-14-6-4-12(5-7-14)11-22-16(8-9-20-22)21-17(23)10-13-2-1-3-15(13)19;/h4-9,13,15H,1-3,10-11,19H2,(H,21,23);1H/t13-,15+;/m0./s1. The van der Waals surface area contributed by atoms with Gasteiger partial charge in [0.05, 0.1) is 12.7 Å². The topological polar surface area (TPSA) is 72.9 Å². The first-order valence-electron chi connectivity index (χ1n) is 7.93. The Morgan fingerprint density at radius 1 is 1.29 bits per heavy atom. The van der Waals surface area contributed by atoms with Gasteiger partial charge in [0.15, 0.2) is 0 Å². The number of rotatable bonds is 5. The zero-order valence-corrected chi connectivity index (χ0v) is 15.7. The third-order valence-electron chi connectivity index (χ3n) is 4.40. The number of benzene rings is 1. The third-order valence-corrected chi connectivity index (χ3v) is 4.92. The number of amides is 1. The van der Waals surface area contributed by atoms with Gasteiger partial charge in [0.1, 0.15) is 5.82 Å². The SMILES string of the molecule is Cl.N[C@@H]1CCC[C@H]1CC(=O)Nc1ccnn1Cc1ccc(Br)cc1. The summed E-state index contributed by atoms with van der Waals surface area (Å²) in [6.45, 7) is 0.624. The molecule has 1 aromatic heterocycles. The van der Waals surface area contributed by atoms with E-state index in [1.807, 2.05) is 30.3 Å². The lowest BCUT2D eigenvalue weighted by Gasteiger charge is -2.15. The number of anilines is 1. The molecule has 130 valence electrons. The zero-order valence-electron chi connectivity index (χ0n) is 13.3. The van der Waals surface area contributed by atoms with E-state index in [0.29, 0.717) is 18.9 Å². The average molecular weight is 414 g/mol. The monoisotopic (exact) mass is 412 g/mol. The van der Waals surface area contributed by atoms with Crippen molar-refractivity contribution in [2.45, 2.75) is 38.3 Å². The highest BCUT2D eigenvalue weighted by atomic mass is 79.9. The van der Waals surface area contributed by atoms with Crippen molar-refractivity contribution >= 4 is 40.1 Å². The van der Waals surface area contributed by atoms with Crippen LogP contribution in [0.2, 0.25) is 0 Å². The van der Waals surface area contributed by atoms with Gasteiger partial charge in [-0.05, 0) is 36.5 Å². The molecule has 0 saturated heterocycles. The number of carbonyl (C=O) groups is 1. The molecule has 0 aliphatic heterocycles. The van der Waals surface area contributed by atoms with Crippen molar-refractivity contribution in [3.63, 3.8) is 0 Å². The first-order chi connectivity index (χ1) is 11.1. The van der Waals surface area contributed by atoms with E-state index in [9.17, 15) is 4.79 Å². The van der Waals surface area contributed by atoms with E-state index in [0.717, 1.165) is 35.1 Å². The van der Waals surface area contributed by atoms with Crippen molar-refractivity contribution in [1.29, 1.82) is 0 Å². The molecule has 0 bridgehead atoms. The van der Waals surface area contributed by atoms with Crippen molar-refractivity contribution < 1.29 is 4.79 Å². The number of carbonyl (C=O) groups excluding carboxylic acids is 1. The number of aromatic nitrogens is 2. The number of hydrogen-bond donors (Lipinski definition) is 2. The molecule has 0 radical (unpaired) electrons. The maximum atomic E-state index is 12.2. The van der Waals surface area contributed by atoms with Gasteiger partial charge in [-0.2, -0.15) is 5.10 Å². The fourth-order valence-corrected chi connectivity index (χ4v) is 3.34. The van der Waals surface area contributed by atoms with Crippen LogP contribution in [0.3, 0.4) is 0 Å². The molecule has 3 rings (SSSR count). The highest BCUT2D eigenvalue weighted by molar-refractivity contribution is 9.10. The Labute approximate surface area is 156 Å². The highest BCUT2D eigenvalue weighted by Gasteiger charge is 2.26. The van der Waals surface area contributed by atoms with Crippen LogP contribution in [0, 0.1) is 5.92 Å². The minimum atomic E-state index is 0. The molecular formula is C17H22BrClN4O. The maximum Gasteiger partial charge on any atom is 0.225 e. The quantitative estimate of drug-likeness (QED) is 0.787.